The third-order valence-electron chi connectivity index (χ3n) is 6.70. The van der Waals surface area contributed by atoms with Crippen LogP contribution in [0.25, 0.3) is 33.4 Å². The van der Waals surface area contributed by atoms with Gasteiger partial charge in [0.2, 0.25) is 0 Å². The molecule has 0 amide bonds. The Kier molecular flexibility index (Phi) is 8.15. The van der Waals surface area contributed by atoms with Gasteiger partial charge in [0.15, 0.2) is 5.43 Å². The zero-order chi connectivity index (χ0) is 25.9. The lowest BCUT2D eigenvalue weighted by Crippen LogP contribution is -3.11. The average Bonchev–Trinajstić information content (AvgIpc) is 2.84. The van der Waals surface area contributed by atoms with Gasteiger partial charge in [-0.2, -0.15) is 0 Å². The van der Waals surface area contributed by atoms with E-state index in [1.54, 1.807) is 30.0 Å². The zero-order valence-corrected chi connectivity index (χ0v) is 22.0. The van der Waals surface area contributed by atoms with Gasteiger partial charge in [0.05, 0.1) is 24.5 Å². The molecule has 1 aliphatic carbocycles. The summed E-state index contributed by atoms with van der Waals surface area (Å²) in [6, 6.07) is 12.9. The number of benzene rings is 3. The Bertz CT molecular complexity index is 1480. The van der Waals surface area contributed by atoms with Crippen LogP contribution in [0.15, 0.2) is 62.6 Å². The van der Waals surface area contributed by atoms with Gasteiger partial charge in [-0.25, -0.2) is 8.42 Å². The van der Waals surface area contributed by atoms with Crippen LogP contribution in [-0.2, 0) is 10.1 Å². The SMILES string of the molecule is CC[NH+](CC)CC.Cc1ccc2c(-c3ccccc3S(=O)(=O)[O-])c3ccc(=O)c(C)c-3oc2c1C. The fourth-order valence-corrected chi connectivity index (χ4v) is 4.98. The Labute approximate surface area is 207 Å². The van der Waals surface area contributed by atoms with Crippen molar-refractivity contribution in [1.29, 1.82) is 0 Å². The molecule has 1 aliphatic heterocycles. The van der Waals surface area contributed by atoms with Gasteiger partial charge in [0, 0.05) is 27.6 Å². The predicted octanol–water partition coefficient (Wildman–Crippen LogP) is 4.33. The maximum Gasteiger partial charge on any atom is 0.185 e. The van der Waals surface area contributed by atoms with Crippen molar-refractivity contribution in [2.45, 2.75) is 46.4 Å². The monoisotopic (exact) mass is 495 g/mol. The van der Waals surface area contributed by atoms with E-state index in [4.69, 9.17) is 4.42 Å². The van der Waals surface area contributed by atoms with Crippen molar-refractivity contribution in [2.24, 2.45) is 0 Å². The Hall–Kier alpha value is -3.00. The van der Waals surface area contributed by atoms with Crippen LogP contribution >= 0.6 is 0 Å². The molecule has 0 unspecified atom stereocenters. The highest BCUT2D eigenvalue weighted by Gasteiger charge is 2.23. The third kappa shape index (κ3) is 5.32. The van der Waals surface area contributed by atoms with E-state index in [9.17, 15) is 17.8 Å². The largest absolute Gasteiger partial charge is 0.744 e. The number of fused-ring (bicyclic) bond motifs is 2. The summed E-state index contributed by atoms with van der Waals surface area (Å²) in [4.78, 5) is 13.6. The van der Waals surface area contributed by atoms with Crippen molar-refractivity contribution < 1.29 is 22.3 Å². The van der Waals surface area contributed by atoms with Gasteiger partial charge < -0.3 is 13.9 Å². The fourth-order valence-electron chi connectivity index (χ4n) is 4.30. The number of rotatable bonds is 5. The summed E-state index contributed by atoms with van der Waals surface area (Å²) in [6.07, 6.45) is 0. The van der Waals surface area contributed by atoms with Gasteiger partial charge in [0.1, 0.15) is 21.5 Å². The summed E-state index contributed by atoms with van der Waals surface area (Å²) >= 11 is 0. The first-order valence-corrected chi connectivity index (χ1v) is 13.3. The number of hydrogen-bond acceptors (Lipinski definition) is 5. The molecule has 6 nitrogen and oxygen atoms in total. The second-order valence-electron chi connectivity index (χ2n) is 8.69. The fraction of sp³-hybridized carbons (Fsp3) is 0.321. The number of quaternary nitrogens is 1. The first-order chi connectivity index (χ1) is 16.5. The molecule has 2 aromatic rings. The second-order valence-corrected chi connectivity index (χ2v) is 10.0. The molecule has 7 heteroatoms. The Morgan fingerprint density at radius 3 is 2.03 bits per heavy atom. The summed E-state index contributed by atoms with van der Waals surface area (Å²) in [5.74, 6) is 0.391. The van der Waals surface area contributed by atoms with E-state index in [0.717, 1.165) is 11.1 Å². The molecule has 0 spiro atoms. The van der Waals surface area contributed by atoms with E-state index in [1.807, 2.05) is 26.0 Å². The lowest BCUT2D eigenvalue weighted by Gasteiger charge is -2.20. The van der Waals surface area contributed by atoms with Crippen LogP contribution in [0.1, 0.15) is 37.5 Å². The van der Waals surface area contributed by atoms with Crippen molar-refractivity contribution >= 4 is 21.1 Å². The number of hydrogen-bond donors (Lipinski definition) is 1. The van der Waals surface area contributed by atoms with Crippen molar-refractivity contribution in [3.05, 3.63) is 75.4 Å². The van der Waals surface area contributed by atoms with Crippen molar-refractivity contribution in [3.63, 3.8) is 0 Å². The van der Waals surface area contributed by atoms with Crippen LogP contribution in [0.5, 0.6) is 0 Å². The normalized spacial score (nSPS) is 11.7. The van der Waals surface area contributed by atoms with Gasteiger partial charge in [-0.05, 0) is 70.9 Å². The Morgan fingerprint density at radius 2 is 1.46 bits per heavy atom. The van der Waals surface area contributed by atoms with Crippen LogP contribution in [0.2, 0.25) is 0 Å². The summed E-state index contributed by atoms with van der Waals surface area (Å²) < 4.78 is 41.9. The molecule has 0 saturated carbocycles. The molecule has 0 aromatic heterocycles. The van der Waals surface area contributed by atoms with Gasteiger partial charge >= 0.3 is 0 Å². The van der Waals surface area contributed by atoms with E-state index >= 15 is 0 Å². The summed E-state index contributed by atoms with van der Waals surface area (Å²) in [6.45, 7) is 16.0. The maximum absolute atomic E-state index is 12.2. The van der Waals surface area contributed by atoms with Crippen LogP contribution in [-0.4, -0.2) is 32.6 Å². The molecule has 0 bridgehead atoms. The van der Waals surface area contributed by atoms with Gasteiger partial charge in [0.25, 0.3) is 0 Å². The van der Waals surface area contributed by atoms with E-state index in [2.05, 4.69) is 20.8 Å². The van der Waals surface area contributed by atoms with E-state index < -0.39 is 10.1 Å². The van der Waals surface area contributed by atoms with Crippen molar-refractivity contribution in [3.8, 4) is 22.5 Å². The van der Waals surface area contributed by atoms with Crippen LogP contribution in [0, 0.1) is 20.8 Å². The quantitative estimate of drug-likeness (QED) is 0.329. The Morgan fingerprint density at radius 1 is 0.829 bits per heavy atom. The Balaban J connectivity index is 0.000000429. The molecule has 2 aliphatic rings. The summed E-state index contributed by atoms with van der Waals surface area (Å²) in [5, 5.41) is 0.685. The topological polar surface area (TPSA) is 91.9 Å². The molecule has 186 valence electrons. The van der Waals surface area contributed by atoms with E-state index in [0.29, 0.717) is 39.0 Å². The molecular weight excluding hydrogens is 462 g/mol. The second kappa shape index (κ2) is 10.7. The third-order valence-corrected chi connectivity index (χ3v) is 7.60. The maximum atomic E-state index is 12.2. The van der Waals surface area contributed by atoms with Crippen molar-refractivity contribution in [2.75, 3.05) is 19.6 Å². The van der Waals surface area contributed by atoms with Gasteiger partial charge in [-0.1, -0.05) is 30.3 Å². The highest BCUT2D eigenvalue weighted by molar-refractivity contribution is 7.85. The molecule has 2 aromatic carbocycles. The predicted molar refractivity (Wildman–Crippen MR) is 139 cm³/mol. The zero-order valence-electron chi connectivity index (χ0n) is 21.2. The molecule has 4 rings (SSSR count). The first kappa shape index (κ1) is 26.6. The minimum absolute atomic E-state index is 0.170. The molecule has 0 radical (unpaired) electrons. The molecule has 1 heterocycles. The smallest absolute Gasteiger partial charge is 0.185 e. The lowest BCUT2D eigenvalue weighted by molar-refractivity contribution is -0.894. The highest BCUT2D eigenvalue weighted by Crippen LogP contribution is 2.43. The first-order valence-electron chi connectivity index (χ1n) is 11.9. The lowest BCUT2D eigenvalue weighted by atomic mass is 9.90. The molecule has 35 heavy (non-hydrogen) atoms. The van der Waals surface area contributed by atoms with Crippen LogP contribution in [0.4, 0.5) is 0 Å². The number of nitrogens with one attached hydrogen (secondary N) is 1. The highest BCUT2D eigenvalue weighted by atomic mass is 32.2. The molecule has 0 fully saturated rings. The minimum atomic E-state index is -4.70. The molecular formula is C28H33NO5S. The minimum Gasteiger partial charge on any atom is -0.744 e. The molecule has 0 atom stereocenters. The van der Waals surface area contributed by atoms with Gasteiger partial charge in [-0.15, -0.1) is 0 Å². The molecule has 1 N–H and O–H groups in total. The van der Waals surface area contributed by atoms with Crippen LogP contribution < -0.4 is 10.3 Å². The van der Waals surface area contributed by atoms with E-state index in [1.165, 1.54) is 37.8 Å². The van der Waals surface area contributed by atoms with Crippen LogP contribution in [0.3, 0.4) is 0 Å². The standard InChI is InChI=1S/C22H18O5S.C6H15N/c1-12-8-9-16-20(15-6-4-5-7-19(15)28(24,25)26)17-10-11-18(23)14(3)22(17)27-21(16)13(12)2;1-4-7(5-2)6-3/h4-11H,1-3H3,(H,24,25,26);4-6H2,1-3H3. The van der Waals surface area contributed by atoms with E-state index in [-0.39, 0.29) is 10.3 Å². The summed E-state index contributed by atoms with van der Waals surface area (Å²) in [7, 11) is -4.70. The number of aryl methyl sites for hydroxylation is 2. The average molecular weight is 496 g/mol. The van der Waals surface area contributed by atoms with Gasteiger partial charge in [-0.3, -0.25) is 4.79 Å². The van der Waals surface area contributed by atoms with Crippen molar-refractivity contribution in [1.82, 2.24) is 0 Å². The molecule has 0 saturated heterocycles. The summed E-state index contributed by atoms with van der Waals surface area (Å²) in [5.41, 5.74) is 4.17.